The third kappa shape index (κ3) is 2.78. The van der Waals surface area contributed by atoms with Crippen molar-refractivity contribution in [3.05, 3.63) is 35.9 Å². The molecule has 5 nitrogen and oxygen atoms in total. The Morgan fingerprint density at radius 3 is 2.95 bits per heavy atom. The number of aromatic carboxylic acids is 1. The molecule has 2 aromatic rings. The van der Waals surface area contributed by atoms with E-state index >= 15 is 0 Å². The van der Waals surface area contributed by atoms with Gasteiger partial charge in [0.1, 0.15) is 5.82 Å². The number of fused-ring (bicyclic) bond motifs is 1. The van der Waals surface area contributed by atoms with E-state index in [1.807, 2.05) is 16.7 Å². The van der Waals surface area contributed by atoms with E-state index in [0.717, 1.165) is 30.9 Å². The fraction of sp³-hybridized carbons (Fsp3) is 0.500. The van der Waals surface area contributed by atoms with E-state index in [9.17, 15) is 4.79 Å². The SMILES string of the molecule is CC(C)N1CCC(Cc2ncc3ccc(C(=O)O)cn23)C1. The van der Waals surface area contributed by atoms with Gasteiger partial charge in [-0.25, -0.2) is 9.78 Å². The normalized spacial score (nSPS) is 19.7. The molecule has 0 bridgehead atoms. The fourth-order valence-electron chi connectivity index (χ4n) is 3.08. The van der Waals surface area contributed by atoms with Gasteiger partial charge in [0.25, 0.3) is 0 Å². The smallest absolute Gasteiger partial charge is 0.337 e. The monoisotopic (exact) mass is 287 g/mol. The number of carboxylic acid groups (broad SMARTS) is 1. The molecule has 1 N–H and O–H groups in total. The second-order valence-corrected chi connectivity index (χ2v) is 6.14. The average Bonchev–Trinajstić information content (AvgIpc) is 3.06. The topological polar surface area (TPSA) is 57.8 Å². The molecule has 5 heteroatoms. The van der Waals surface area contributed by atoms with Crippen LogP contribution in [0.5, 0.6) is 0 Å². The van der Waals surface area contributed by atoms with Crippen molar-refractivity contribution in [3.63, 3.8) is 0 Å². The standard InChI is InChI=1S/C16H21N3O2/c1-11(2)18-6-5-12(9-18)7-15-17-8-14-4-3-13(16(20)21)10-19(14)15/h3-4,8,10-12H,5-7,9H2,1-2H3,(H,20,21). The van der Waals surface area contributed by atoms with Gasteiger partial charge in [-0.3, -0.25) is 0 Å². The zero-order valence-corrected chi connectivity index (χ0v) is 12.5. The number of aromatic nitrogens is 2. The number of nitrogens with zero attached hydrogens (tertiary/aromatic N) is 3. The summed E-state index contributed by atoms with van der Waals surface area (Å²) >= 11 is 0. The summed E-state index contributed by atoms with van der Waals surface area (Å²) < 4.78 is 1.92. The van der Waals surface area contributed by atoms with Gasteiger partial charge in [0.05, 0.1) is 17.3 Å². The summed E-state index contributed by atoms with van der Waals surface area (Å²) in [5.74, 6) is 0.665. The molecule has 1 aliphatic heterocycles. The Morgan fingerprint density at radius 1 is 1.48 bits per heavy atom. The quantitative estimate of drug-likeness (QED) is 0.937. The maximum Gasteiger partial charge on any atom is 0.337 e. The summed E-state index contributed by atoms with van der Waals surface area (Å²) in [6, 6.07) is 4.03. The van der Waals surface area contributed by atoms with Gasteiger partial charge in [0.15, 0.2) is 0 Å². The molecular formula is C16H21N3O2. The van der Waals surface area contributed by atoms with Gasteiger partial charge in [-0.1, -0.05) is 0 Å². The lowest BCUT2D eigenvalue weighted by molar-refractivity contribution is 0.0696. The molecular weight excluding hydrogens is 266 g/mol. The Kier molecular flexibility index (Phi) is 3.68. The second-order valence-electron chi connectivity index (χ2n) is 6.14. The molecule has 2 aromatic heterocycles. The zero-order valence-electron chi connectivity index (χ0n) is 12.5. The summed E-state index contributed by atoms with van der Waals surface area (Å²) in [5.41, 5.74) is 1.26. The van der Waals surface area contributed by atoms with Gasteiger partial charge in [-0.15, -0.1) is 0 Å². The number of carboxylic acids is 1. The Bertz CT molecular complexity index is 663. The van der Waals surface area contributed by atoms with E-state index < -0.39 is 5.97 Å². The van der Waals surface area contributed by atoms with Gasteiger partial charge in [0, 0.05) is 25.2 Å². The molecule has 3 rings (SSSR count). The highest BCUT2D eigenvalue weighted by atomic mass is 16.4. The van der Waals surface area contributed by atoms with Gasteiger partial charge in [-0.2, -0.15) is 0 Å². The number of imidazole rings is 1. The maximum atomic E-state index is 11.1. The lowest BCUT2D eigenvalue weighted by Crippen LogP contribution is -2.28. The van der Waals surface area contributed by atoms with Crippen molar-refractivity contribution in [1.29, 1.82) is 0 Å². The van der Waals surface area contributed by atoms with Gasteiger partial charge in [-0.05, 0) is 44.9 Å². The molecule has 1 saturated heterocycles. The molecule has 21 heavy (non-hydrogen) atoms. The first-order chi connectivity index (χ1) is 10.0. The lowest BCUT2D eigenvalue weighted by atomic mass is 10.0. The third-order valence-corrected chi connectivity index (χ3v) is 4.37. The van der Waals surface area contributed by atoms with E-state index in [1.165, 1.54) is 6.42 Å². The second kappa shape index (κ2) is 5.48. The van der Waals surface area contributed by atoms with E-state index in [4.69, 9.17) is 5.11 Å². The fourth-order valence-corrected chi connectivity index (χ4v) is 3.08. The molecule has 0 aromatic carbocycles. The van der Waals surface area contributed by atoms with Crippen molar-refractivity contribution in [1.82, 2.24) is 14.3 Å². The van der Waals surface area contributed by atoms with Crippen LogP contribution in [0.15, 0.2) is 24.5 Å². The lowest BCUT2D eigenvalue weighted by Gasteiger charge is -2.20. The largest absolute Gasteiger partial charge is 0.478 e. The van der Waals surface area contributed by atoms with Crippen LogP contribution in [-0.2, 0) is 6.42 Å². The Hall–Kier alpha value is -1.88. The summed E-state index contributed by atoms with van der Waals surface area (Å²) in [6.07, 6.45) is 5.58. The van der Waals surface area contributed by atoms with Crippen LogP contribution in [-0.4, -0.2) is 44.5 Å². The van der Waals surface area contributed by atoms with Crippen LogP contribution in [0.3, 0.4) is 0 Å². The zero-order chi connectivity index (χ0) is 15.0. The number of hydrogen-bond donors (Lipinski definition) is 1. The van der Waals surface area contributed by atoms with Crippen LogP contribution < -0.4 is 0 Å². The van der Waals surface area contributed by atoms with Crippen molar-refractivity contribution < 1.29 is 9.90 Å². The van der Waals surface area contributed by atoms with E-state index in [-0.39, 0.29) is 0 Å². The number of hydrogen-bond acceptors (Lipinski definition) is 3. The molecule has 1 fully saturated rings. The molecule has 112 valence electrons. The first kappa shape index (κ1) is 14.1. The van der Waals surface area contributed by atoms with Crippen LogP contribution in [0.1, 0.15) is 36.5 Å². The predicted octanol–water partition coefficient (Wildman–Crippen LogP) is 2.31. The van der Waals surface area contributed by atoms with Crippen LogP contribution in [0.25, 0.3) is 5.52 Å². The highest BCUT2D eigenvalue weighted by Crippen LogP contribution is 2.22. The highest BCUT2D eigenvalue weighted by Gasteiger charge is 2.25. The molecule has 1 aliphatic rings. The summed E-state index contributed by atoms with van der Waals surface area (Å²) in [6.45, 7) is 6.70. The maximum absolute atomic E-state index is 11.1. The first-order valence-corrected chi connectivity index (χ1v) is 7.48. The third-order valence-electron chi connectivity index (χ3n) is 4.37. The van der Waals surface area contributed by atoms with E-state index in [2.05, 4.69) is 23.7 Å². The van der Waals surface area contributed by atoms with Gasteiger partial charge in [0.2, 0.25) is 0 Å². The van der Waals surface area contributed by atoms with Gasteiger partial charge >= 0.3 is 5.97 Å². The van der Waals surface area contributed by atoms with Crippen molar-refractivity contribution in [2.45, 2.75) is 32.7 Å². The molecule has 0 radical (unpaired) electrons. The summed E-state index contributed by atoms with van der Waals surface area (Å²) in [7, 11) is 0. The van der Waals surface area contributed by atoms with Crippen LogP contribution in [0, 0.1) is 5.92 Å². The van der Waals surface area contributed by atoms with Crippen molar-refractivity contribution in [2.75, 3.05) is 13.1 Å². The number of likely N-dealkylation sites (tertiary alicyclic amines) is 1. The molecule has 0 spiro atoms. The van der Waals surface area contributed by atoms with Crippen molar-refractivity contribution in [3.8, 4) is 0 Å². The summed E-state index contributed by atoms with van der Waals surface area (Å²) in [5, 5.41) is 9.11. The Balaban J connectivity index is 1.81. The van der Waals surface area contributed by atoms with Crippen LogP contribution in [0.4, 0.5) is 0 Å². The van der Waals surface area contributed by atoms with Crippen molar-refractivity contribution >= 4 is 11.5 Å². The van der Waals surface area contributed by atoms with Gasteiger partial charge < -0.3 is 14.4 Å². The average molecular weight is 287 g/mol. The predicted molar refractivity (Wildman–Crippen MR) is 80.7 cm³/mol. The molecule has 0 amide bonds. The molecule has 0 aliphatic carbocycles. The van der Waals surface area contributed by atoms with Crippen LogP contribution >= 0.6 is 0 Å². The van der Waals surface area contributed by atoms with Crippen LogP contribution in [0.2, 0.25) is 0 Å². The first-order valence-electron chi connectivity index (χ1n) is 7.48. The molecule has 1 atom stereocenters. The molecule has 3 heterocycles. The highest BCUT2D eigenvalue weighted by molar-refractivity contribution is 5.87. The van der Waals surface area contributed by atoms with E-state index in [0.29, 0.717) is 17.5 Å². The minimum absolute atomic E-state index is 0.303. The number of rotatable bonds is 4. The van der Waals surface area contributed by atoms with Crippen molar-refractivity contribution in [2.24, 2.45) is 5.92 Å². The minimum Gasteiger partial charge on any atom is -0.478 e. The number of pyridine rings is 1. The Morgan fingerprint density at radius 2 is 2.29 bits per heavy atom. The minimum atomic E-state index is -0.900. The molecule has 0 saturated carbocycles. The number of carbonyl (C=O) groups is 1. The summed E-state index contributed by atoms with van der Waals surface area (Å²) in [4.78, 5) is 18.1. The van der Waals surface area contributed by atoms with E-state index in [1.54, 1.807) is 12.3 Å². The molecule has 1 unspecified atom stereocenters. The Labute approximate surface area is 124 Å².